The molecule has 5 heteroatoms. The topological polar surface area (TPSA) is 68.5 Å². The maximum absolute atomic E-state index is 11.5. The van der Waals surface area contributed by atoms with E-state index in [1.54, 1.807) is 0 Å². The van der Waals surface area contributed by atoms with Crippen LogP contribution in [0.25, 0.3) is 0 Å². The van der Waals surface area contributed by atoms with Gasteiger partial charge in [-0.05, 0) is 12.5 Å². The summed E-state index contributed by atoms with van der Waals surface area (Å²) in [6.07, 6.45) is 2.02. The lowest BCUT2D eigenvalue weighted by Crippen LogP contribution is -2.26. The van der Waals surface area contributed by atoms with Gasteiger partial charge >= 0.3 is 5.97 Å². The molecule has 0 bridgehead atoms. The van der Waals surface area contributed by atoms with Gasteiger partial charge in [0.15, 0.2) is 0 Å². The summed E-state index contributed by atoms with van der Waals surface area (Å²) in [4.78, 5) is 22.4. The fraction of sp³-hybridized carbons (Fsp3) is 0.500. The van der Waals surface area contributed by atoms with Gasteiger partial charge in [-0.3, -0.25) is 4.79 Å². The number of carboxylic acids is 1. The molecule has 1 heterocycles. The van der Waals surface area contributed by atoms with Crippen molar-refractivity contribution in [3.8, 4) is 0 Å². The number of unbranched alkanes of at least 4 members (excludes halogenated alkanes) is 1. The molecule has 1 N–H and O–H groups in total. The number of nitrogens with zero attached hydrogens (tertiary/aromatic N) is 1. The Bertz CT molecular complexity index is 425. The zero-order valence-electron chi connectivity index (χ0n) is 9.89. The molecule has 1 aromatic heterocycles. The summed E-state index contributed by atoms with van der Waals surface area (Å²) in [7, 11) is 0. The maximum Gasteiger partial charge on any atom is 0.352 e. The first-order valence-corrected chi connectivity index (χ1v) is 5.67. The number of aromatic carboxylic acids is 1. The van der Waals surface area contributed by atoms with Crippen LogP contribution < -0.4 is 5.56 Å². The van der Waals surface area contributed by atoms with E-state index in [1.165, 1.54) is 22.8 Å². The fourth-order valence-electron chi connectivity index (χ4n) is 1.44. The van der Waals surface area contributed by atoms with E-state index in [-0.39, 0.29) is 17.8 Å². The maximum atomic E-state index is 11.5. The molecule has 0 aliphatic rings. The van der Waals surface area contributed by atoms with E-state index >= 15 is 0 Å². The molecule has 0 saturated carbocycles. The number of hydrogen-bond acceptors (Lipinski definition) is 3. The standard InChI is InChI=1S/C12H17NO4/c1-2-3-8-17-9-7-13-10(12(15)16)5-4-6-11(13)14/h4-6H,2-3,7-9H2,1H3,(H,15,16). The molecule has 0 saturated heterocycles. The Labute approximate surface area is 99.6 Å². The Morgan fingerprint density at radius 2 is 2.18 bits per heavy atom. The first-order chi connectivity index (χ1) is 8.16. The van der Waals surface area contributed by atoms with Crippen LogP contribution in [-0.2, 0) is 11.3 Å². The molecule has 0 unspecified atom stereocenters. The molecule has 1 rings (SSSR count). The van der Waals surface area contributed by atoms with Crippen LogP contribution in [0.4, 0.5) is 0 Å². The van der Waals surface area contributed by atoms with Crippen molar-refractivity contribution in [2.75, 3.05) is 13.2 Å². The second kappa shape index (κ2) is 6.85. The lowest BCUT2D eigenvalue weighted by molar-refractivity contribution is 0.0677. The Kier molecular flexibility index (Phi) is 5.42. The van der Waals surface area contributed by atoms with Crippen molar-refractivity contribution in [1.29, 1.82) is 0 Å². The van der Waals surface area contributed by atoms with Gasteiger partial charge in [-0.1, -0.05) is 19.4 Å². The summed E-state index contributed by atoms with van der Waals surface area (Å²) >= 11 is 0. The monoisotopic (exact) mass is 239 g/mol. The van der Waals surface area contributed by atoms with Gasteiger partial charge in [0.25, 0.3) is 5.56 Å². The van der Waals surface area contributed by atoms with Crippen molar-refractivity contribution in [3.63, 3.8) is 0 Å². The van der Waals surface area contributed by atoms with E-state index in [4.69, 9.17) is 9.84 Å². The predicted octanol–water partition coefficient (Wildman–Crippen LogP) is 1.36. The van der Waals surface area contributed by atoms with Crippen LogP contribution in [0.5, 0.6) is 0 Å². The minimum atomic E-state index is -1.10. The summed E-state index contributed by atoms with van der Waals surface area (Å²) < 4.78 is 6.53. The predicted molar refractivity (Wildman–Crippen MR) is 63.4 cm³/mol. The van der Waals surface area contributed by atoms with Gasteiger partial charge in [0.1, 0.15) is 5.69 Å². The van der Waals surface area contributed by atoms with Crippen molar-refractivity contribution in [2.24, 2.45) is 0 Å². The van der Waals surface area contributed by atoms with E-state index in [1.807, 2.05) is 0 Å². The lowest BCUT2D eigenvalue weighted by Gasteiger charge is -2.09. The summed E-state index contributed by atoms with van der Waals surface area (Å²) in [6, 6.07) is 4.20. The van der Waals surface area contributed by atoms with E-state index in [9.17, 15) is 9.59 Å². The first kappa shape index (κ1) is 13.4. The van der Waals surface area contributed by atoms with Crippen LogP contribution in [-0.4, -0.2) is 28.9 Å². The Morgan fingerprint density at radius 1 is 1.41 bits per heavy atom. The molecule has 0 atom stereocenters. The van der Waals surface area contributed by atoms with Crippen LogP contribution in [0, 0.1) is 0 Å². The average Bonchev–Trinajstić information content (AvgIpc) is 2.30. The third-order valence-corrected chi connectivity index (χ3v) is 2.37. The highest BCUT2D eigenvalue weighted by molar-refractivity contribution is 5.85. The fourth-order valence-corrected chi connectivity index (χ4v) is 1.44. The van der Waals surface area contributed by atoms with E-state index < -0.39 is 5.97 Å². The van der Waals surface area contributed by atoms with Crippen LogP contribution in [0.15, 0.2) is 23.0 Å². The molecule has 0 fully saturated rings. The number of hydrogen-bond donors (Lipinski definition) is 1. The van der Waals surface area contributed by atoms with Crippen LogP contribution in [0.1, 0.15) is 30.3 Å². The SMILES string of the molecule is CCCCOCCn1c(C(=O)O)cccc1=O. The molecule has 17 heavy (non-hydrogen) atoms. The summed E-state index contributed by atoms with van der Waals surface area (Å²) in [6.45, 7) is 3.32. The van der Waals surface area contributed by atoms with Gasteiger partial charge in [-0.25, -0.2) is 4.79 Å². The summed E-state index contributed by atoms with van der Waals surface area (Å²) in [5.41, 5.74) is -0.319. The van der Waals surface area contributed by atoms with Crippen molar-refractivity contribution in [2.45, 2.75) is 26.3 Å². The van der Waals surface area contributed by atoms with E-state index in [0.717, 1.165) is 12.8 Å². The highest BCUT2D eigenvalue weighted by atomic mass is 16.5. The number of ether oxygens (including phenoxy) is 1. The summed E-state index contributed by atoms with van der Waals surface area (Å²) in [5, 5.41) is 8.93. The molecule has 0 aliphatic carbocycles. The smallest absolute Gasteiger partial charge is 0.352 e. The molecular weight excluding hydrogens is 222 g/mol. The minimum absolute atomic E-state index is 0.00316. The first-order valence-electron chi connectivity index (χ1n) is 5.67. The van der Waals surface area contributed by atoms with Gasteiger partial charge in [0.05, 0.1) is 6.61 Å². The number of pyridine rings is 1. The molecule has 1 aromatic rings. The third kappa shape index (κ3) is 4.03. The molecule has 94 valence electrons. The lowest BCUT2D eigenvalue weighted by atomic mass is 10.3. The van der Waals surface area contributed by atoms with E-state index in [0.29, 0.717) is 13.2 Å². The molecule has 0 aliphatic heterocycles. The van der Waals surface area contributed by atoms with Gasteiger partial charge in [-0.2, -0.15) is 0 Å². The van der Waals surface area contributed by atoms with E-state index in [2.05, 4.69) is 6.92 Å². The number of rotatable bonds is 7. The van der Waals surface area contributed by atoms with Crippen molar-refractivity contribution < 1.29 is 14.6 Å². The number of carbonyl (C=O) groups is 1. The molecule has 0 aromatic carbocycles. The summed E-state index contributed by atoms with van der Waals surface area (Å²) in [5.74, 6) is -1.10. The van der Waals surface area contributed by atoms with Crippen LogP contribution >= 0.6 is 0 Å². The highest BCUT2D eigenvalue weighted by Crippen LogP contribution is 1.97. The quantitative estimate of drug-likeness (QED) is 0.729. The van der Waals surface area contributed by atoms with Crippen LogP contribution in [0.2, 0.25) is 0 Å². The van der Waals surface area contributed by atoms with Gasteiger partial charge < -0.3 is 14.4 Å². The molecule has 0 amide bonds. The zero-order valence-corrected chi connectivity index (χ0v) is 9.89. The normalized spacial score (nSPS) is 10.4. The third-order valence-electron chi connectivity index (χ3n) is 2.37. The molecule has 0 spiro atoms. The molecule has 0 radical (unpaired) electrons. The highest BCUT2D eigenvalue weighted by Gasteiger charge is 2.09. The largest absolute Gasteiger partial charge is 0.477 e. The van der Waals surface area contributed by atoms with Gasteiger partial charge in [0, 0.05) is 19.2 Å². The molecule has 5 nitrogen and oxygen atoms in total. The van der Waals surface area contributed by atoms with Gasteiger partial charge in [0.2, 0.25) is 0 Å². The minimum Gasteiger partial charge on any atom is -0.477 e. The Balaban J connectivity index is 2.63. The van der Waals surface area contributed by atoms with Crippen molar-refractivity contribution in [1.82, 2.24) is 4.57 Å². The second-order valence-electron chi connectivity index (χ2n) is 3.67. The Hall–Kier alpha value is -1.62. The van der Waals surface area contributed by atoms with Crippen LogP contribution in [0.3, 0.4) is 0 Å². The number of carboxylic acid groups (broad SMARTS) is 1. The molecular formula is C12H17NO4. The second-order valence-corrected chi connectivity index (χ2v) is 3.67. The van der Waals surface area contributed by atoms with Gasteiger partial charge in [-0.15, -0.1) is 0 Å². The van der Waals surface area contributed by atoms with Crippen molar-refractivity contribution >= 4 is 5.97 Å². The zero-order chi connectivity index (χ0) is 12.7. The average molecular weight is 239 g/mol. The Morgan fingerprint density at radius 3 is 2.82 bits per heavy atom. The number of aromatic nitrogens is 1. The van der Waals surface area contributed by atoms with Crippen molar-refractivity contribution in [3.05, 3.63) is 34.2 Å².